The molecule has 0 aliphatic rings. The number of nitrogens with one attached hydrogen (secondary N) is 1. The minimum atomic E-state index is -4.61. The number of nitrogens with zero attached hydrogens (tertiary/aromatic N) is 2. The van der Waals surface area contributed by atoms with E-state index in [2.05, 4.69) is 10.4 Å². The van der Waals surface area contributed by atoms with Gasteiger partial charge in [0.05, 0.1) is 24.9 Å². The van der Waals surface area contributed by atoms with Crippen LogP contribution in [0.5, 0.6) is 11.5 Å². The smallest absolute Gasteiger partial charge is 0.433 e. The Kier molecular flexibility index (Phi) is 4.93. The Morgan fingerprint density at radius 1 is 1.21 bits per heavy atom. The van der Waals surface area contributed by atoms with Gasteiger partial charge in [-0.3, -0.25) is 9.48 Å². The summed E-state index contributed by atoms with van der Waals surface area (Å²) in [5.41, 5.74) is -1.24. The summed E-state index contributed by atoms with van der Waals surface area (Å²) < 4.78 is 49.0. The highest BCUT2D eigenvalue weighted by Crippen LogP contribution is 2.36. The average molecular weight is 364 g/mol. The Morgan fingerprint density at radius 3 is 2.33 bits per heavy atom. The van der Waals surface area contributed by atoms with Gasteiger partial charge in [-0.25, -0.2) is 0 Å². The molecular formula is C14H13ClF3N3O3. The summed E-state index contributed by atoms with van der Waals surface area (Å²) in [6.45, 7) is 0. The van der Waals surface area contributed by atoms with E-state index in [1.54, 1.807) is 0 Å². The van der Waals surface area contributed by atoms with Crippen LogP contribution in [0.1, 0.15) is 16.2 Å². The highest BCUT2D eigenvalue weighted by Gasteiger charge is 2.35. The van der Waals surface area contributed by atoms with E-state index in [-0.39, 0.29) is 27.9 Å². The van der Waals surface area contributed by atoms with Crippen LogP contribution in [0.3, 0.4) is 0 Å². The molecule has 130 valence electrons. The molecular weight excluding hydrogens is 351 g/mol. The molecule has 0 unspecified atom stereocenters. The minimum Gasteiger partial charge on any atom is -0.495 e. The number of hydrogen-bond donors (Lipinski definition) is 1. The summed E-state index contributed by atoms with van der Waals surface area (Å²) in [6.07, 6.45) is -4.61. The predicted octanol–water partition coefficient (Wildman–Crippen LogP) is 3.36. The predicted molar refractivity (Wildman–Crippen MR) is 80.7 cm³/mol. The zero-order chi connectivity index (χ0) is 18.1. The largest absolute Gasteiger partial charge is 0.495 e. The van der Waals surface area contributed by atoms with Gasteiger partial charge in [0.15, 0.2) is 5.69 Å². The highest BCUT2D eigenvalue weighted by molar-refractivity contribution is 6.32. The Balaban J connectivity index is 2.33. The zero-order valence-corrected chi connectivity index (χ0v) is 13.6. The van der Waals surface area contributed by atoms with Gasteiger partial charge in [0, 0.05) is 25.2 Å². The van der Waals surface area contributed by atoms with Crippen LogP contribution in [0.25, 0.3) is 0 Å². The number of hydrogen-bond acceptors (Lipinski definition) is 4. The lowest BCUT2D eigenvalue weighted by atomic mass is 10.2. The van der Waals surface area contributed by atoms with Crippen molar-refractivity contribution in [3.8, 4) is 11.5 Å². The van der Waals surface area contributed by atoms with Gasteiger partial charge >= 0.3 is 6.18 Å². The summed E-state index contributed by atoms with van der Waals surface area (Å²) in [4.78, 5) is 12.2. The van der Waals surface area contributed by atoms with Crippen molar-refractivity contribution in [3.63, 3.8) is 0 Å². The summed E-state index contributed by atoms with van der Waals surface area (Å²) in [7, 11) is 3.84. The fourth-order valence-electron chi connectivity index (χ4n) is 1.99. The van der Waals surface area contributed by atoms with Gasteiger partial charge < -0.3 is 14.8 Å². The summed E-state index contributed by atoms with van der Waals surface area (Å²) >= 11 is 5.95. The van der Waals surface area contributed by atoms with Crippen LogP contribution in [-0.2, 0) is 13.2 Å². The zero-order valence-electron chi connectivity index (χ0n) is 12.9. The fraction of sp³-hybridized carbons (Fsp3) is 0.286. The maximum absolute atomic E-state index is 12.8. The normalized spacial score (nSPS) is 11.3. The third-order valence-corrected chi connectivity index (χ3v) is 3.42. The first kappa shape index (κ1) is 17.9. The number of halogens is 4. The second-order valence-corrected chi connectivity index (χ2v) is 5.08. The number of aryl methyl sites for hydroxylation is 1. The van der Waals surface area contributed by atoms with Crippen LogP contribution >= 0.6 is 11.6 Å². The molecule has 10 heteroatoms. The van der Waals surface area contributed by atoms with Crippen LogP contribution in [0.2, 0.25) is 5.02 Å². The van der Waals surface area contributed by atoms with Gasteiger partial charge in [0.1, 0.15) is 17.2 Å². The number of methoxy groups -OCH3 is 2. The van der Waals surface area contributed by atoms with Crippen molar-refractivity contribution in [3.05, 3.63) is 34.6 Å². The molecule has 2 aromatic rings. The fourth-order valence-corrected chi connectivity index (χ4v) is 2.22. The second-order valence-electron chi connectivity index (χ2n) is 4.68. The van der Waals surface area contributed by atoms with Crippen molar-refractivity contribution in [2.75, 3.05) is 19.5 Å². The van der Waals surface area contributed by atoms with Crippen molar-refractivity contribution in [1.82, 2.24) is 9.78 Å². The summed E-state index contributed by atoms with van der Waals surface area (Å²) in [5, 5.41) is 6.26. The van der Waals surface area contributed by atoms with Gasteiger partial charge in [0.2, 0.25) is 0 Å². The molecule has 6 nitrogen and oxygen atoms in total. The molecule has 0 fully saturated rings. The number of amides is 1. The van der Waals surface area contributed by atoms with Crippen molar-refractivity contribution >= 4 is 23.2 Å². The Morgan fingerprint density at radius 2 is 1.83 bits per heavy atom. The van der Waals surface area contributed by atoms with Crippen molar-refractivity contribution in [1.29, 1.82) is 0 Å². The number of carbonyl (C=O) groups excluding carboxylic acids is 1. The van der Waals surface area contributed by atoms with Gasteiger partial charge in [-0.1, -0.05) is 11.6 Å². The standard InChI is InChI=1S/C14H13ClF3N3O3/c1-21-12(14(16,17)18)6-9(20-21)13(22)19-8-5-10(23-2)7(15)4-11(8)24-3/h4-6H,1-3H3,(H,19,22). The number of anilines is 1. The average Bonchev–Trinajstić information content (AvgIpc) is 2.90. The topological polar surface area (TPSA) is 65.4 Å². The SMILES string of the molecule is COc1cc(NC(=O)c2cc(C(F)(F)F)n(C)n2)c(OC)cc1Cl. The Hall–Kier alpha value is -2.42. The number of alkyl halides is 3. The quantitative estimate of drug-likeness (QED) is 0.904. The van der Waals surface area contributed by atoms with Crippen LogP contribution < -0.4 is 14.8 Å². The van der Waals surface area contributed by atoms with E-state index in [1.165, 1.54) is 26.4 Å². The molecule has 0 saturated carbocycles. The molecule has 1 heterocycles. The van der Waals surface area contributed by atoms with E-state index in [1.807, 2.05) is 0 Å². The first-order valence-electron chi connectivity index (χ1n) is 6.51. The molecule has 0 bridgehead atoms. The second kappa shape index (κ2) is 6.60. The van der Waals surface area contributed by atoms with Gasteiger partial charge in [0.25, 0.3) is 5.91 Å². The number of carbonyl (C=O) groups is 1. The third-order valence-electron chi connectivity index (χ3n) is 3.13. The van der Waals surface area contributed by atoms with E-state index in [9.17, 15) is 18.0 Å². The molecule has 24 heavy (non-hydrogen) atoms. The summed E-state index contributed by atoms with van der Waals surface area (Å²) in [6, 6.07) is 3.47. The molecule has 2 rings (SSSR count). The lowest BCUT2D eigenvalue weighted by Gasteiger charge is -2.12. The third kappa shape index (κ3) is 3.56. The highest BCUT2D eigenvalue weighted by atomic mass is 35.5. The van der Waals surface area contributed by atoms with E-state index in [0.29, 0.717) is 10.7 Å². The molecule has 0 radical (unpaired) electrons. The number of aromatic nitrogens is 2. The maximum atomic E-state index is 12.8. The molecule has 0 aliphatic carbocycles. The number of ether oxygens (including phenoxy) is 2. The van der Waals surface area contributed by atoms with Crippen molar-refractivity contribution in [2.45, 2.75) is 6.18 Å². The van der Waals surface area contributed by atoms with Gasteiger partial charge in [-0.05, 0) is 0 Å². The van der Waals surface area contributed by atoms with Crippen LogP contribution in [0.15, 0.2) is 18.2 Å². The molecule has 0 atom stereocenters. The molecule has 1 aromatic heterocycles. The van der Waals surface area contributed by atoms with Crippen LogP contribution in [-0.4, -0.2) is 29.9 Å². The first-order valence-corrected chi connectivity index (χ1v) is 6.89. The number of benzene rings is 1. The molecule has 0 saturated heterocycles. The molecule has 1 amide bonds. The number of rotatable bonds is 4. The van der Waals surface area contributed by atoms with Crippen LogP contribution in [0, 0.1) is 0 Å². The van der Waals surface area contributed by atoms with Crippen molar-refractivity contribution < 1.29 is 27.4 Å². The molecule has 0 aliphatic heterocycles. The minimum absolute atomic E-state index is 0.183. The van der Waals surface area contributed by atoms with E-state index >= 15 is 0 Å². The Bertz CT molecular complexity index is 775. The molecule has 1 aromatic carbocycles. The lowest BCUT2D eigenvalue weighted by molar-refractivity contribution is -0.143. The maximum Gasteiger partial charge on any atom is 0.433 e. The summed E-state index contributed by atoms with van der Waals surface area (Å²) in [5.74, 6) is -0.338. The van der Waals surface area contributed by atoms with E-state index in [0.717, 1.165) is 7.05 Å². The monoisotopic (exact) mass is 363 g/mol. The molecule has 1 N–H and O–H groups in total. The van der Waals surface area contributed by atoms with E-state index in [4.69, 9.17) is 21.1 Å². The molecule has 0 spiro atoms. The van der Waals surface area contributed by atoms with E-state index < -0.39 is 17.8 Å². The first-order chi connectivity index (χ1) is 11.2. The lowest BCUT2D eigenvalue weighted by Crippen LogP contribution is -2.14. The van der Waals surface area contributed by atoms with Gasteiger partial charge in [-0.15, -0.1) is 0 Å². The Labute approximate surface area is 140 Å². The van der Waals surface area contributed by atoms with Crippen LogP contribution in [0.4, 0.5) is 18.9 Å². The van der Waals surface area contributed by atoms with Crippen molar-refractivity contribution in [2.24, 2.45) is 7.05 Å². The van der Waals surface area contributed by atoms with Gasteiger partial charge in [-0.2, -0.15) is 18.3 Å².